The van der Waals surface area contributed by atoms with Crippen LogP contribution in [0.15, 0.2) is 48.5 Å². The number of carbonyl (C=O) groups excluding carboxylic acids is 1. The average Bonchev–Trinajstić information content (AvgIpc) is 2.98. The molecule has 0 unspecified atom stereocenters. The molecule has 3 nitrogen and oxygen atoms in total. The first-order valence-electron chi connectivity index (χ1n) is 9.13. The monoisotopic (exact) mass is 440 g/mol. The van der Waals surface area contributed by atoms with E-state index in [0.717, 1.165) is 11.1 Å². The second kappa shape index (κ2) is 7.79. The zero-order valence-corrected chi connectivity index (χ0v) is 16.5. The number of amides is 1. The van der Waals surface area contributed by atoms with Crippen LogP contribution in [0.4, 0.5) is 26.3 Å². The molecule has 0 spiro atoms. The zero-order valence-electron chi connectivity index (χ0n) is 16.5. The number of aryl methyl sites for hydroxylation is 1. The largest absolute Gasteiger partial charge is 0.416 e. The third-order valence-electron chi connectivity index (χ3n) is 5.11. The SMILES string of the molecule is Cc1ccccc1Cn1c(-c2cc(C(F)(F)F)cc(C(F)(F)F)c2)cc(C(N)=O)c1C. The summed E-state index contributed by atoms with van der Waals surface area (Å²) in [5.74, 6) is -0.828. The van der Waals surface area contributed by atoms with Crippen LogP contribution < -0.4 is 5.73 Å². The fourth-order valence-electron chi connectivity index (χ4n) is 3.40. The van der Waals surface area contributed by atoms with Crippen molar-refractivity contribution in [2.24, 2.45) is 5.73 Å². The van der Waals surface area contributed by atoms with Gasteiger partial charge in [-0.05, 0) is 54.8 Å². The van der Waals surface area contributed by atoms with Gasteiger partial charge in [-0.1, -0.05) is 24.3 Å². The van der Waals surface area contributed by atoms with E-state index in [-0.39, 0.29) is 29.4 Å². The first-order valence-corrected chi connectivity index (χ1v) is 9.13. The maximum absolute atomic E-state index is 13.3. The van der Waals surface area contributed by atoms with E-state index in [4.69, 9.17) is 5.73 Å². The molecule has 0 aliphatic heterocycles. The van der Waals surface area contributed by atoms with Crippen molar-refractivity contribution in [3.63, 3.8) is 0 Å². The Balaban J connectivity index is 2.28. The van der Waals surface area contributed by atoms with Crippen LogP contribution >= 0.6 is 0 Å². The van der Waals surface area contributed by atoms with Crippen LogP contribution in [-0.4, -0.2) is 10.5 Å². The summed E-state index contributed by atoms with van der Waals surface area (Å²) in [6, 6.07) is 9.77. The van der Waals surface area contributed by atoms with Crippen molar-refractivity contribution in [3.05, 3.63) is 82.0 Å². The molecule has 1 aromatic heterocycles. The minimum Gasteiger partial charge on any atom is -0.366 e. The number of hydrogen-bond acceptors (Lipinski definition) is 1. The highest BCUT2D eigenvalue weighted by Crippen LogP contribution is 2.39. The number of benzene rings is 2. The van der Waals surface area contributed by atoms with Gasteiger partial charge in [0.1, 0.15) is 0 Å². The molecule has 0 atom stereocenters. The van der Waals surface area contributed by atoms with E-state index in [1.165, 1.54) is 10.6 Å². The maximum Gasteiger partial charge on any atom is 0.416 e. The Labute approximate surface area is 174 Å². The highest BCUT2D eigenvalue weighted by molar-refractivity contribution is 5.95. The van der Waals surface area contributed by atoms with Crippen LogP contribution in [0.2, 0.25) is 0 Å². The van der Waals surface area contributed by atoms with Gasteiger partial charge in [-0.25, -0.2) is 0 Å². The second-order valence-electron chi connectivity index (χ2n) is 7.20. The maximum atomic E-state index is 13.3. The normalized spacial score (nSPS) is 12.3. The van der Waals surface area contributed by atoms with Gasteiger partial charge >= 0.3 is 12.4 Å². The van der Waals surface area contributed by atoms with Crippen molar-refractivity contribution >= 4 is 5.91 Å². The molecule has 2 N–H and O–H groups in total. The van der Waals surface area contributed by atoms with E-state index < -0.39 is 29.4 Å². The lowest BCUT2D eigenvalue weighted by Crippen LogP contribution is -2.13. The molecule has 31 heavy (non-hydrogen) atoms. The number of hydrogen-bond donors (Lipinski definition) is 1. The molecular weight excluding hydrogens is 422 g/mol. The zero-order chi connectivity index (χ0) is 23.1. The number of nitrogens with two attached hydrogens (primary N) is 1. The van der Waals surface area contributed by atoms with E-state index in [1.54, 1.807) is 25.1 Å². The Kier molecular flexibility index (Phi) is 5.64. The molecule has 0 fully saturated rings. The molecule has 9 heteroatoms. The summed E-state index contributed by atoms with van der Waals surface area (Å²) in [5, 5.41) is 0. The van der Waals surface area contributed by atoms with Gasteiger partial charge in [0.15, 0.2) is 0 Å². The van der Waals surface area contributed by atoms with E-state index >= 15 is 0 Å². The molecule has 0 saturated heterocycles. The Morgan fingerprint density at radius 3 is 1.94 bits per heavy atom. The number of primary amides is 1. The summed E-state index contributed by atoms with van der Waals surface area (Å²) >= 11 is 0. The number of rotatable bonds is 4. The summed E-state index contributed by atoms with van der Waals surface area (Å²) in [6.45, 7) is 3.51. The van der Waals surface area contributed by atoms with Gasteiger partial charge in [0.25, 0.3) is 5.91 Å². The minimum absolute atomic E-state index is 0.0227. The van der Waals surface area contributed by atoms with Gasteiger partial charge in [-0.2, -0.15) is 26.3 Å². The Bertz CT molecular complexity index is 1110. The van der Waals surface area contributed by atoms with Crippen LogP contribution in [-0.2, 0) is 18.9 Å². The summed E-state index contributed by atoms with van der Waals surface area (Å²) in [5.41, 5.74) is 4.28. The highest BCUT2D eigenvalue weighted by atomic mass is 19.4. The molecular formula is C22H18F6N2O. The van der Waals surface area contributed by atoms with Gasteiger partial charge in [0, 0.05) is 17.9 Å². The lowest BCUT2D eigenvalue weighted by atomic mass is 10.0. The van der Waals surface area contributed by atoms with Crippen LogP contribution in [0.5, 0.6) is 0 Å². The predicted molar refractivity (Wildman–Crippen MR) is 103 cm³/mol. The van der Waals surface area contributed by atoms with Crippen molar-refractivity contribution in [3.8, 4) is 11.3 Å². The number of carbonyl (C=O) groups is 1. The molecule has 0 radical (unpaired) electrons. The Morgan fingerprint density at radius 2 is 1.45 bits per heavy atom. The number of aromatic nitrogens is 1. The summed E-state index contributed by atoms with van der Waals surface area (Å²) in [7, 11) is 0. The smallest absolute Gasteiger partial charge is 0.366 e. The van der Waals surface area contributed by atoms with E-state index in [1.807, 2.05) is 13.0 Å². The molecule has 2 aromatic carbocycles. The van der Waals surface area contributed by atoms with Gasteiger partial charge in [-0.3, -0.25) is 4.79 Å². The summed E-state index contributed by atoms with van der Waals surface area (Å²) < 4.78 is 81.4. The molecule has 164 valence electrons. The summed E-state index contributed by atoms with van der Waals surface area (Å²) in [4.78, 5) is 11.8. The fraction of sp³-hybridized carbons (Fsp3) is 0.227. The van der Waals surface area contributed by atoms with E-state index in [0.29, 0.717) is 17.8 Å². The molecule has 1 heterocycles. The highest BCUT2D eigenvalue weighted by Gasteiger charge is 2.37. The lowest BCUT2D eigenvalue weighted by Gasteiger charge is -2.17. The van der Waals surface area contributed by atoms with Crippen molar-refractivity contribution in [2.75, 3.05) is 0 Å². The molecule has 0 aliphatic carbocycles. The van der Waals surface area contributed by atoms with Crippen molar-refractivity contribution in [1.82, 2.24) is 4.57 Å². The Hall–Kier alpha value is -3.23. The third kappa shape index (κ3) is 4.60. The molecule has 3 rings (SSSR count). The van der Waals surface area contributed by atoms with Gasteiger partial charge < -0.3 is 10.3 Å². The first-order chi connectivity index (χ1) is 14.3. The minimum atomic E-state index is -4.98. The van der Waals surface area contributed by atoms with E-state index in [2.05, 4.69) is 0 Å². The predicted octanol–water partition coefficient (Wildman–Crippen LogP) is 5.96. The summed E-state index contributed by atoms with van der Waals surface area (Å²) in [6.07, 6.45) is -9.96. The molecule has 3 aromatic rings. The topological polar surface area (TPSA) is 48.0 Å². The number of alkyl halides is 6. The first kappa shape index (κ1) is 22.5. The average molecular weight is 440 g/mol. The van der Waals surface area contributed by atoms with Crippen molar-refractivity contribution < 1.29 is 31.1 Å². The Morgan fingerprint density at radius 1 is 0.903 bits per heavy atom. The van der Waals surface area contributed by atoms with Gasteiger partial charge in [0.2, 0.25) is 0 Å². The quantitative estimate of drug-likeness (QED) is 0.501. The van der Waals surface area contributed by atoms with Crippen molar-refractivity contribution in [1.29, 1.82) is 0 Å². The van der Waals surface area contributed by atoms with Gasteiger partial charge in [-0.15, -0.1) is 0 Å². The van der Waals surface area contributed by atoms with Crippen molar-refractivity contribution in [2.45, 2.75) is 32.7 Å². The third-order valence-corrected chi connectivity index (χ3v) is 5.11. The van der Waals surface area contributed by atoms with Gasteiger partial charge in [0.05, 0.1) is 16.7 Å². The molecule has 0 aliphatic rings. The molecule has 1 amide bonds. The van der Waals surface area contributed by atoms with Crippen LogP contribution in [0, 0.1) is 13.8 Å². The fourth-order valence-corrected chi connectivity index (χ4v) is 3.40. The standard InChI is InChI=1S/C22H18F6N2O/c1-12-5-3-4-6-14(12)11-30-13(2)18(20(29)31)10-19(30)15-7-16(21(23,24)25)9-17(8-15)22(26,27)28/h3-10H,11H2,1-2H3,(H2,29,31). The molecule has 0 saturated carbocycles. The van der Waals surface area contributed by atoms with E-state index in [9.17, 15) is 31.1 Å². The number of nitrogens with zero attached hydrogens (tertiary/aromatic N) is 1. The van der Waals surface area contributed by atoms with Crippen LogP contribution in [0.3, 0.4) is 0 Å². The van der Waals surface area contributed by atoms with Crippen LogP contribution in [0.1, 0.15) is 38.3 Å². The second-order valence-corrected chi connectivity index (χ2v) is 7.20. The lowest BCUT2D eigenvalue weighted by molar-refractivity contribution is -0.143. The number of halogens is 6. The van der Waals surface area contributed by atoms with Crippen LogP contribution in [0.25, 0.3) is 11.3 Å². The molecule has 0 bridgehead atoms.